The first-order chi connectivity index (χ1) is 16.9. The lowest BCUT2D eigenvalue weighted by molar-refractivity contribution is 0.295. The molecule has 3 aromatic carbocycles. The third kappa shape index (κ3) is 5.39. The molecule has 0 unspecified atom stereocenters. The quantitative estimate of drug-likeness (QED) is 0.289. The smallest absolute Gasteiger partial charge is 0.201 e. The molecule has 3 aromatic rings. The summed E-state index contributed by atoms with van der Waals surface area (Å²) >= 11 is 0. The van der Waals surface area contributed by atoms with Gasteiger partial charge in [0, 0.05) is 11.1 Å². The van der Waals surface area contributed by atoms with E-state index in [0.717, 1.165) is 32.1 Å². The minimum absolute atomic E-state index is 0.0520. The molecular formula is C30H32F4O. The van der Waals surface area contributed by atoms with E-state index in [-0.39, 0.29) is 22.8 Å². The number of ether oxygens (including phenoxy) is 1. The highest BCUT2D eigenvalue weighted by atomic mass is 19.2. The molecule has 0 aliphatic heterocycles. The molecule has 0 bridgehead atoms. The van der Waals surface area contributed by atoms with E-state index in [4.69, 9.17) is 4.74 Å². The summed E-state index contributed by atoms with van der Waals surface area (Å²) in [5.74, 6) is -3.05. The van der Waals surface area contributed by atoms with Crippen molar-refractivity contribution in [1.29, 1.82) is 0 Å². The van der Waals surface area contributed by atoms with Crippen LogP contribution in [0.4, 0.5) is 17.6 Å². The molecule has 1 aliphatic carbocycles. The lowest BCUT2D eigenvalue weighted by Crippen LogP contribution is -2.14. The molecule has 1 nitrogen and oxygen atoms in total. The van der Waals surface area contributed by atoms with Crippen LogP contribution in [-0.4, -0.2) is 6.61 Å². The molecule has 0 aromatic heterocycles. The van der Waals surface area contributed by atoms with Crippen LogP contribution >= 0.6 is 0 Å². The molecule has 0 N–H and O–H groups in total. The summed E-state index contributed by atoms with van der Waals surface area (Å²) in [5.41, 5.74) is 1.62. The van der Waals surface area contributed by atoms with E-state index in [1.54, 1.807) is 36.4 Å². The van der Waals surface area contributed by atoms with Gasteiger partial charge >= 0.3 is 0 Å². The molecule has 0 heterocycles. The molecule has 0 spiro atoms. The van der Waals surface area contributed by atoms with E-state index in [2.05, 4.69) is 6.92 Å². The van der Waals surface area contributed by atoms with Gasteiger partial charge in [-0.2, -0.15) is 4.39 Å². The molecule has 1 fully saturated rings. The zero-order valence-corrected chi connectivity index (χ0v) is 20.4. The van der Waals surface area contributed by atoms with Gasteiger partial charge in [0.2, 0.25) is 5.82 Å². The number of rotatable bonds is 8. The van der Waals surface area contributed by atoms with E-state index in [9.17, 15) is 8.78 Å². The maximum absolute atomic E-state index is 15.1. The Labute approximate surface area is 205 Å². The Balaban J connectivity index is 1.54. The van der Waals surface area contributed by atoms with Gasteiger partial charge in [-0.1, -0.05) is 63.1 Å². The molecular weight excluding hydrogens is 452 g/mol. The Morgan fingerprint density at radius 2 is 1.23 bits per heavy atom. The van der Waals surface area contributed by atoms with Gasteiger partial charge < -0.3 is 4.74 Å². The Morgan fingerprint density at radius 1 is 0.657 bits per heavy atom. The highest BCUT2D eigenvalue weighted by Crippen LogP contribution is 2.40. The number of halogens is 4. The Bertz CT molecular complexity index is 1150. The first-order valence-electron chi connectivity index (χ1n) is 12.6. The normalized spacial score (nSPS) is 18.0. The summed E-state index contributed by atoms with van der Waals surface area (Å²) in [6.07, 6.45) is 6.94. The van der Waals surface area contributed by atoms with Gasteiger partial charge in [0.05, 0.1) is 6.61 Å². The molecule has 0 amide bonds. The maximum Gasteiger partial charge on any atom is 0.201 e. The predicted molar refractivity (Wildman–Crippen MR) is 133 cm³/mol. The van der Waals surface area contributed by atoms with Crippen LogP contribution in [0.25, 0.3) is 22.3 Å². The van der Waals surface area contributed by atoms with Gasteiger partial charge in [-0.25, -0.2) is 13.2 Å². The van der Waals surface area contributed by atoms with Crippen LogP contribution in [0.15, 0.2) is 48.5 Å². The maximum atomic E-state index is 15.1. The average molecular weight is 485 g/mol. The second kappa shape index (κ2) is 11.3. The van der Waals surface area contributed by atoms with Gasteiger partial charge in [0.25, 0.3) is 0 Å². The van der Waals surface area contributed by atoms with Crippen molar-refractivity contribution in [3.05, 3.63) is 77.4 Å². The highest BCUT2D eigenvalue weighted by molar-refractivity contribution is 5.71. The fraction of sp³-hybridized carbons (Fsp3) is 0.400. The molecule has 0 atom stereocenters. The van der Waals surface area contributed by atoms with Gasteiger partial charge in [-0.15, -0.1) is 0 Å². The Morgan fingerprint density at radius 3 is 1.80 bits per heavy atom. The van der Waals surface area contributed by atoms with Crippen LogP contribution < -0.4 is 4.74 Å². The van der Waals surface area contributed by atoms with Crippen LogP contribution in [0, 0.1) is 29.2 Å². The fourth-order valence-corrected chi connectivity index (χ4v) is 5.18. The van der Waals surface area contributed by atoms with Crippen molar-refractivity contribution in [3.8, 4) is 28.0 Å². The molecule has 4 rings (SSSR count). The standard InChI is InChI=1S/C30H32F4O/c1-3-5-19-6-8-20(9-7-19)23-14-15-24(28(32)27(23)31)21-10-12-22(13-11-21)25-16-17-26(35-18-4-2)30(34)29(25)33/h10-17,19-20H,3-9,18H2,1-2H3. The zero-order valence-electron chi connectivity index (χ0n) is 20.4. The van der Waals surface area contributed by atoms with Crippen LogP contribution in [0.1, 0.15) is 70.3 Å². The zero-order chi connectivity index (χ0) is 24.9. The molecule has 5 heteroatoms. The van der Waals surface area contributed by atoms with E-state index < -0.39 is 23.3 Å². The summed E-state index contributed by atoms with van der Waals surface area (Å²) in [5, 5.41) is 0. The summed E-state index contributed by atoms with van der Waals surface area (Å²) in [6, 6.07) is 12.6. The minimum Gasteiger partial charge on any atom is -0.490 e. The Kier molecular flexibility index (Phi) is 8.15. The molecule has 186 valence electrons. The van der Waals surface area contributed by atoms with Crippen molar-refractivity contribution in [3.63, 3.8) is 0 Å². The van der Waals surface area contributed by atoms with Crippen LogP contribution in [0.5, 0.6) is 5.75 Å². The SMILES string of the molecule is CCCOc1ccc(-c2ccc(-c3ccc(C4CCC(CCC)CC4)c(F)c3F)cc2)c(F)c1F. The third-order valence-corrected chi connectivity index (χ3v) is 7.11. The van der Waals surface area contributed by atoms with Crippen LogP contribution in [-0.2, 0) is 0 Å². The molecule has 1 aliphatic rings. The van der Waals surface area contributed by atoms with Crippen LogP contribution in [0.2, 0.25) is 0 Å². The second-order valence-electron chi connectivity index (χ2n) is 9.50. The van der Waals surface area contributed by atoms with Gasteiger partial charge in [0.1, 0.15) is 0 Å². The van der Waals surface area contributed by atoms with Crippen molar-refractivity contribution < 1.29 is 22.3 Å². The topological polar surface area (TPSA) is 9.23 Å². The number of benzene rings is 3. The first kappa shape index (κ1) is 25.3. The number of hydrogen-bond donors (Lipinski definition) is 0. The van der Waals surface area contributed by atoms with Crippen molar-refractivity contribution >= 4 is 0 Å². The van der Waals surface area contributed by atoms with E-state index in [0.29, 0.717) is 35.6 Å². The van der Waals surface area contributed by atoms with Crippen molar-refractivity contribution in [1.82, 2.24) is 0 Å². The van der Waals surface area contributed by atoms with E-state index in [1.165, 1.54) is 18.6 Å². The summed E-state index contributed by atoms with van der Waals surface area (Å²) < 4.78 is 64.4. The highest BCUT2D eigenvalue weighted by Gasteiger charge is 2.26. The van der Waals surface area contributed by atoms with E-state index in [1.807, 2.05) is 6.92 Å². The van der Waals surface area contributed by atoms with Crippen molar-refractivity contribution in [2.24, 2.45) is 5.92 Å². The van der Waals surface area contributed by atoms with E-state index >= 15 is 8.78 Å². The third-order valence-electron chi connectivity index (χ3n) is 7.11. The summed E-state index contributed by atoms with van der Waals surface area (Å²) in [6.45, 7) is 4.36. The summed E-state index contributed by atoms with van der Waals surface area (Å²) in [4.78, 5) is 0. The average Bonchev–Trinajstić information content (AvgIpc) is 2.88. The fourth-order valence-electron chi connectivity index (χ4n) is 5.18. The van der Waals surface area contributed by atoms with Crippen molar-refractivity contribution in [2.75, 3.05) is 6.61 Å². The van der Waals surface area contributed by atoms with Gasteiger partial charge in [-0.3, -0.25) is 0 Å². The van der Waals surface area contributed by atoms with Crippen molar-refractivity contribution in [2.45, 2.75) is 64.7 Å². The van der Waals surface area contributed by atoms with Crippen LogP contribution in [0.3, 0.4) is 0 Å². The monoisotopic (exact) mass is 484 g/mol. The molecule has 0 saturated heterocycles. The number of hydrogen-bond acceptors (Lipinski definition) is 1. The lowest BCUT2D eigenvalue weighted by atomic mass is 9.77. The second-order valence-corrected chi connectivity index (χ2v) is 9.50. The van der Waals surface area contributed by atoms with Gasteiger partial charge in [-0.05, 0) is 72.8 Å². The largest absolute Gasteiger partial charge is 0.490 e. The predicted octanol–water partition coefficient (Wildman–Crippen LogP) is 9.44. The first-order valence-corrected chi connectivity index (χ1v) is 12.6. The summed E-state index contributed by atoms with van der Waals surface area (Å²) in [7, 11) is 0. The lowest BCUT2D eigenvalue weighted by Gasteiger charge is -2.29. The molecule has 35 heavy (non-hydrogen) atoms. The molecule has 1 saturated carbocycles. The molecule has 0 radical (unpaired) electrons. The Hall–Kier alpha value is -2.82. The minimum atomic E-state index is -1.03. The van der Waals surface area contributed by atoms with Gasteiger partial charge in [0.15, 0.2) is 23.2 Å².